The Morgan fingerprint density at radius 2 is 1.25 bits per heavy atom. The van der Waals surface area contributed by atoms with Gasteiger partial charge in [0.2, 0.25) is 5.82 Å². The second-order valence-corrected chi connectivity index (χ2v) is 2.80. The summed E-state index contributed by atoms with van der Waals surface area (Å²) in [6, 6.07) is -2.33. The largest absolute Gasteiger partial charge is 0.480 e. The van der Waals surface area contributed by atoms with E-state index in [4.69, 9.17) is 10.8 Å². The van der Waals surface area contributed by atoms with E-state index in [1.165, 1.54) is 0 Å². The number of benzene rings is 1. The quantitative estimate of drug-likeness (QED) is 0.468. The highest BCUT2D eigenvalue weighted by molar-refractivity contribution is 5.75. The van der Waals surface area contributed by atoms with Crippen LogP contribution in [0.2, 0.25) is 0 Å². The Morgan fingerprint density at radius 3 is 1.56 bits per heavy atom. The Labute approximate surface area is 85.3 Å². The lowest BCUT2D eigenvalue weighted by Crippen LogP contribution is -2.25. The standard InChI is InChI=1S/C8H4F5NO2/c9-2-1(7(14)8(15)16)3(10)5(12)6(13)4(2)11/h7H,14H2,(H,15,16)/t7-/m1/s1. The van der Waals surface area contributed by atoms with Crippen LogP contribution in [0, 0.1) is 29.1 Å². The van der Waals surface area contributed by atoms with Crippen LogP contribution < -0.4 is 5.73 Å². The van der Waals surface area contributed by atoms with Crippen molar-refractivity contribution in [1.82, 2.24) is 0 Å². The Kier molecular flexibility index (Phi) is 3.13. The summed E-state index contributed by atoms with van der Waals surface area (Å²) in [4.78, 5) is 10.3. The van der Waals surface area contributed by atoms with Gasteiger partial charge in [-0.25, -0.2) is 22.0 Å². The van der Waals surface area contributed by atoms with Gasteiger partial charge in [-0.05, 0) is 0 Å². The molecule has 0 amide bonds. The van der Waals surface area contributed by atoms with Gasteiger partial charge in [0.1, 0.15) is 6.04 Å². The van der Waals surface area contributed by atoms with Crippen LogP contribution in [-0.4, -0.2) is 11.1 Å². The number of aliphatic carboxylic acids is 1. The molecule has 1 atom stereocenters. The highest BCUT2D eigenvalue weighted by Crippen LogP contribution is 2.26. The first-order valence-electron chi connectivity index (χ1n) is 3.78. The molecule has 0 spiro atoms. The second kappa shape index (κ2) is 4.05. The highest BCUT2D eigenvalue weighted by atomic mass is 19.2. The van der Waals surface area contributed by atoms with E-state index in [1.807, 2.05) is 0 Å². The van der Waals surface area contributed by atoms with E-state index in [0.29, 0.717) is 0 Å². The lowest BCUT2D eigenvalue weighted by atomic mass is 10.1. The van der Waals surface area contributed by atoms with Crippen molar-refractivity contribution in [2.24, 2.45) is 5.73 Å². The molecule has 1 rings (SSSR count). The molecule has 0 bridgehead atoms. The van der Waals surface area contributed by atoms with Crippen molar-refractivity contribution in [3.05, 3.63) is 34.6 Å². The highest BCUT2D eigenvalue weighted by Gasteiger charge is 2.31. The predicted molar refractivity (Wildman–Crippen MR) is 40.8 cm³/mol. The molecule has 3 nitrogen and oxygen atoms in total. The summed E-state index contributed by atoms with van der Waals surface area (Å²) in [5.41, 5.74) is 3.23. The van der Waals surface area contributed by atoms with Crippen LogP contribution in [0.25, 0.3) is 0 Å². The number of carboxylic acid groups (broad SMARTS) is 1. The van der Waals surface area contributed by atoms with Crippen molar-refractivity contribution in [2.45, 2.75) is 6.04 Å². The Balaban J connectivity index is 3.57. The Morgan fingerprint density at radius 1 is 0.938 bits per heavy atom. The monoisotopic (exact) mass is 241 g/mol. The van der Waals surface area contributed by atoms with E-state index in [1.54, 1.807) is 0 Å². The fraction of sp³-hybridized carbons (Fsp3) is 0.125. The molecule has 0 heterocycles. The molecule has 0 fully saturated rings. The molecule has 0 saturated heterocycles. The maximum atomic E-state index is 12.9. The third-order valence-corrected chi connectivity index (χ3v) is 1.82. The van der Waals surface area contributed by atoms with E-state index in [2.05, 4.69) is 0 Å². The summed E-state index contributed by atoms with van der Waals surface area (Å²) in [6.45, 7) is 0. The number of carboxylic acids is 1. The molecule has 3 N–H and O–H groups in total. The summed E-state index contributed by atoms with van der Waals surface area (Å²) in [7, 11) is 0. The second-order valence-electron chi connectivity index (χ2n) is 2.80. The van der Waals surface area contributed by atoms with Gasteiger partial charge in [0, 0.05) is 0 Å². The molecule has 1 aromatic rings. The van der Waals surface area contributed by atoms with Crippen molar-refractivity contribution >= 4 is 5.97 Å². The van der Waals surface area contributed by atoms with Gasteiger partial charge in [-0.2, -0.15) is 0 Å². The van der Waals surface area contributed by atoms with Crippen molar-refractivity contribution in [3.63, 3.8) is 0 Å². The molecule has 0 aromatic heterocycles. The average molecular weight is 241 g/mol. The number of nitrogens with two attached hydrogens (primary N) is 1. The van der Waals surface area contributed by atoms with Gasteiger partial charge in [-0.3, -0.25) is 4.79 Å². The number of carbonyl (C=O) groups is 1. The Hall–Kier alpha value is -1.70. The number of hydrogen-bond acceptors (Lipinski definition) is 2. The summed E-state index contributed by atoms with van der Waals surface area (Å²) in [5, 5.41) is 8.34. The molecule has 0 aliphatic heterocycles. The van der Waals surface area contributed by atoms with Crippen molar-refractivity contribution in [3.8, 4) is 0 Å². The van der Waals surface area contributed by atoms with Crippen LogP contribution in [-0.2, 0) is 4.79 Å². The first-order valence-corrected chi connectivity index (χ1v) is 3.78. The molecule has 0 aliphatic carbocycles. The zero-order valence-corrected chi connectivity index (χ0v) is 7.40. The zero-order chi connectivity index (χ0) is 12.6. The summed E-state index contributed by atoms with van der Waals surface area (Å²) in [5.74, 6) is -13.2. The number of rotatable bonds is 2. The minimum atomic E-state index is -2.36. The Bertz CT molecular complexity index is 433. The first-order chi connectivity index (χ1) is 7.29. The maximum Gasteiger partial charge on any atom is 0.325 e. The maximum absolute atomic E-state index is 12.9. The van der Waals surface area contributed by atoms with Gasteiger partial charge in [-0.1, -0.05) is 0 Å². The van der Waals surface area contributed by atoms with E-state index in [-0.39, 0.29) is 0 Å². The summed E-state index contributed by atoms with van der Waals surface area (Å²) in [6.07, 6.45) is 0. The van der Waals surface area contributed by atoms with Crippen molar-refractivity contribution in [1.29, 1.82) is 0 Å². The minimum Gasteiger partial charge on any atom is -0.480 e. The summed E-state index contributed by atoms with van der Waals surface area (Å²) < 4.78 is 63.7. The molecular formula is C8H4F5NO2. The number of hydrogen-bond donors (Lipinski definition) is 2. The first kappa shape index (κ1) is 12.4. The van der Waals surface area contributed by atoms with Gasteiger partial charge in [0.05, 0.1) is 5.56 Å². The van der Waals surface area contributed by atoms with Crippen molar-refractivity contribution in [2.75, 3.05) is 0 Å². The van der Waals surface area contributed by atoms with Crippen LogP contribution in [0.5, 0.6) is 0 Å². The third kappa shape index (κ3) is 1.71. The minimum absolute atomic E-state index is 1.57. The van der Waals surface area contributed by atoms with Crippen LogP contribution in [0.4, 0.5) is 22.0 Å². The average Bonchev–Trinajstić information content (AvgIpc) is 2.23. The van der Waals surface area contributed by atoms with Crippen molar-refractivity contribution < 1.29 is 31.9 Å². The van der Waals surface area contributed by atoms with Crippen LogP contribution in [0.1, 0.15) is 11.6 Å². The van der Waals surface area contributed by atoms with E-state index < -0.39 is 46.7 Å². The SMILES string of the molecule is N[C@@H](C(=O)O)c1c(F)c(F)c(F)c(F)c1F. The fourth-order valence-electron chi connectivity index (χ4n) is 1.02. The van der Waals surface area contributed by atoms with E-state index in [0.717, 1.165) is 0 Å². The summed E-state index contributed by atoms with van der Waals surface area (Å²) >= 11 is 0. The van der Waals surface area contributed by atoms with Crippen LogP contribution >= 0.6 is 0 Å². The molecule has 88 valence electrons. The van der Waals surface area contributed by atoms with Gasteiger partial charge >= 0.3 is 5.97 Å². The topological polar surface area (TPSA) is 63.3 Å². The molecular weight excluding hydrogens is 237 g/mol. The third-order valence-electron chi connectivity index (χ3n) is 1.82. The molecule has 8 heteroatoms. The molecule has 1 aromatic carbocycles. The van der Waals surface area contributed by atoms with Gasteiger partial charge in [-0.15, -0.1) is 0 Å². The predicted octanol–water partition coefficient (Wildman–Crippen LogP) is 1.47. The molecule has 0 aliphatic rings. The van der Waals surface area contributed by atoms with E-state index in [9.17, 15) is 26.7 Å². The number of halogens is 5. The lowest BCUT2D eigenvalue weighted by molar-refractivity contribution is -0.138. The molecule has 0 unspecified atom stereocenters. The fourth-order valence-corrected chi connectivity index (χ4v) is 1.02. The van der Waals surface area contributed by atoms with Gasteiger partial charge in [0.25, 0.3) is 0 Å². The van der Waals surface area contributed by atoms with Crippen LogP contribution in [0.15, 0.2) is 0 Å². The lowest BCUT2D eigenvalue weighted by Gasteiger charge is -2.11. The normalized spacial score (nSPS) is 12.6. The molecule has 16 heavy (non-hydrogen) atoms. The van der Waals surface area contributed by atoms with Gasteiger partial charge in [0.15, 0.2) is 23.3 Å². The van der Waals surface area contributed by atoms with E-state index >= 15 is 0 Å². The van der Waals surface area contributed by atoms with Gasteiger partial charge < -0.3 is 10.8 Å². The molecule has 0 saturated carbocycles. The van der Waals surface area contributed by atoms with Crippen LogP contribution in [0.3, 0.4) is 0 Å². The smallest absolute Gasteiger partial charge is 0.325 e. The zero-order valence-electron chi connectivity index (χ0n) is 7.40. The molecule has 0 radical (unpaired) electrons.